The molecule has 3 saturated carbocycles. The minimum Gasteiger partial charge on any atom is -0.365 e. The average Bonchev–Trinajstić information content (AvgIpc) is 2.62. The van der Waals surface area contributed by atoms with Gasteiger partial charge in [-0.15, -0.1) is 0 Å². The number of nitrogens with one attached hydrogen (secondary N) is 1. The van der Waals surface area contributed by atoms with Gasteiger partial charge in [-0.2, -0.15) is 0 Å². The SMILES string of the molecule is O=c1c(Br)c2ncnc(NCc3cccc(C(F)F)c3F)c2cn1C12CC(C1)C2. The van der Waals surface area contributed by atoms with Crippen molar-refractivity contribution >= 4 is 32.7 Å². The molecule has 0 amide bonds. The number of rotatable bonds is 5. The molecule has 9 heteroatoms. The van der Waals surface area contributed by atoms with E-state index in [1.807, 2.05) is 0 Å². The predicted molar refractivity (Wildman–Crippen MR) is 105 cm³/mol. The number of aromatic nitrogens is 3. The Hall–Kier alpha value is -2.42. The summed E-state index contributed by atoms with van der Waals surface area (Å²) in [6.07, 6.45) is 3.17. The molecule has 3 fully saturated rings. The maximum atomic E-state index is 14.3. The van der Waals surface area contributed by atoms with Crippen molar-refractivity contribution in [3.8, 4) is 0 Å². The van der Waals surface area contributed by atoms with Crippen LogP contribution in [0.15, 0.2) is 40.0 Å². The van der Waals surface area contributed by atoms with Crippen LogP contribution in [0.1, 0.15) is 36.8 Å². The third-order valence-electron chi connectivity index (χ3n) is 6.06. The van der Waals surface area contributed by atoms with E-state index in [0.29, 0.717) is 27.1 Å². The normalized spacial score (nSPS) is 22.4. The van der Waals surface area contributed by atoms with Crippen molar-refractivity contribution in [1.29, 1.82) is 0 Å². The summed E-state index contributed by atoms with van der Waals surface area (Å²) in [6, 6.07) is 3.92. The van der Waals surface area contributed by atoms with Crippen molar-refractivity contribution in [1.82, 2.24) is 14.5 Å². The van der Waals surface area contributed by atoms with Gasteiger partial charge in [0.05, 0.1) is 16.5 Å². The maximum absolute atomic E-state index is 14.3. The van der Waals surface area contributed by atoms with Crippen LogP contribution in [0, 0.1) is 11.7 Å². The summed E-state index contributed by atoms with van der Waals surface area (Å²) in [7, 11) is 0. The predicted octanol–water partition coefficient (Wildman–Crippen LogP) is 4.75. The number of anilines is 1. The zero-order valence-electron chi connectivity index (χ0n) is 15.1. The minimum absolute atomic E-state index is 0.0253. The second-order valence-corrected chi connectivity index (χ2v) is 8.57. The van der Waals surface area contributed by atoms with Gasteiger partial charge in [0.1, 0.15) is 22.4 Å². The number of halogens is 4. The van der Waals surface area contributed by atoms with Crippen LogP contribution in [-0.2, 0) is 12.1 Å². The zero-order valence-corrected chi connectivity index (χ0v) is 16.7. The Morgan fingerprint density at radius 1 is 1.28 bits per heavy atom. The second kappa shape index (κ2) is 6.55. The molecule has 0 spiro atoms. The fourth-order valence-corrected chi connectivity index (χ4v) is 4.90. The third-order valence-corrected chi connectivity index (χ3v) is 6.78. The summed E-state index contributed by atoms with van der Waals surface area (Å²) in [5.74, 6) is 0.185. The van der Waals surface area contributed by atoms with Gasteiger partial charge in [0.2, 0.25) is 0 Å². The molecule has 3 aliphatic rings. The average molecular weight is 465 g/mol. The summed E-state index contributed by atoms with van der Waals surface area (Å²) in [5.41, 5.74) is -0.310. The van der Waals surface area contributed by atoms with Gasteiger partial charge in [-0.25, -0.2) is 23.1 Å². The van der Waals surface area contributed by atoms with Crippen LogP contribution >= 0.6 is 15.9 Å². The summed E-state index contributed by atoms with van der Waals surface area (Å²) in [6.45, 7) is -0.0253. The smallest absolute Gasteiger partial charge is 0.267 e. The highest BCUT2D eigenvalue weighted by atomic mass is 79.9. The molecule has 0 saturated heterocycles. The Balaban J connectivity index is 1.53. The first-order chi connectivity index (χ1) is 13.9. The lowest BCUT2D eigenvalue weighted by Gasteiger charge is -2.62. The van der Waals surface area contributed by atoms with Crippen LogP contribution in [0.5, 0.6) is 0 Å². The highest BCUT2D eigenvalue weighted by Crippen LogP contribution is 2.61. The largest absolute Gasteiger partial charge is 0.365 e. The quantitative estimate of drug-likeness (QED) is 0.591. The first-order valence-corrected chi connectivity index (χ1v) is 10.0. The molecule has 0 radical (unpaired) electrons. The number of hydrogen-bond acceptors (Lipinski definition) is 4. The molecule has 0 atom stereocenters. The molecule has 1 aromatic carbocycles. The number of benzene rings is 1. The summed E-state index contributed by atoms with van der Waals surface area (Å²) < 4.78 is 42.3. The molecular formula is C20H16BrF3N4O. The zero-order chi connectivity index (χ0) is 20.3. The van der Waals surface area contributed by atoms with Crippen molar-refractivity contribution in [2.24, 2.45) is 5.92 Å². The Labute approximate surface area is 172 Å². The van der Waals surface area contributed by atoms with E-state index in [0.717, 1.165) is 25.3 Å². The van der Waals surface area contributed by atoms with Crippen LogP contribution in [0.4, 0.5) is 19.0 Å². The molecule has 3 aromatic rings. The lowest BCUT2D eigenvalue weighted by atomic mass is 9.49. The van der Waals surface area contributed by atoms with Crippen molar-refractivity contribution in [2.75, 3.05) is 5.32 Å². The highest BCUT2D eigenvalue weighted by molar-refractivity contribution is 9.10. The fourth-order valence-electron chi connectivity index (χ4n) is 4.39. The van der Waals surface area contributed by atoms with Gasteiger partial charge in [-0.05, 0) is 41.1 Å². The molecular weight excluding hydrogens is 449 g/mol. The Bertz CT molecular complexity index is 1180. The van der Waals surface area contributed by atoms with E-state index in [-0.39, 0.29) is 23.2 Å². The van der Waals surface area contributed by atoms with E-state index < -0.39 is 17.8 Å². The molecule has 29 heavy (non-hydrogen) atoms. The lowest BCUT2D eigenvalue weighted by molar-refractivity contribution is -0.0912. The monoisotopic (exact) mass is 464 g/mol. The van der Waals surface area contributed by atoms with Gasteiger partial charge in [0.15, 0.2) is 0 Å². The van der Waals surface area contributed by atoms with Gasteiger partial charge in [-0.3, -0.25) is 4.79 Å². The molecule has 2 heterocycles. The Morgan fingerprint density at radius 2 is 2.03 bits per heavy atom. The Kier molecular flexibility index (Phi) is 4.20. The van der Waals surface area contributed by atoms with E-state index in [4.69, 9.17) is 0 Å². The molecule has 0 unspecified atom stereocenters. The van der Waals surface area contributed by atoms with Crippen molar-refractivity contribution in [2.45, 2.75) is 37.8 Å². The highest BCUT2D eigenvalue weighted by Gasteiger charge is 2.58. The van der Waals surface area contributed by atoms with Gasteiger partial charge < -0.3 is 9.88 Å². The van der Waals surface area contributed by atoms with Crippen LogP contribution < -0.4 is 10.9 Å². The van der Waals surface area contributed by atoms with Crippen LogP contribution in [0.2, 0.25) is 0 Å². The molecule has 150 valence electrons. The molecule has 0 aliphatic heterocycles. The fraction of sp³-hybridized carbons (Fsp3) is 0.350. The first-order valence-electron chi connectivity index (χ1n) is 9.25. The maximum Gasteiger partial charge on any atom is 0.267 e. The summed E-state index contributed by atoms with van der Waals surface area (Å²) in [4.78, 5) is 21.2. The Morgan fingerprint density at radius 3 is 2.69 bits per heavy atom. The van der Waals surface area contributed by atoms with E-state index in [1.165, 1.54) is 18.5 Å². The number of nitrogens with zero attached hydrogens (tertiary/aromatic N) is 3. The molecule has 6 rings (SSSR count). The van der Waals surface area contributed by atoms with Crippen molar-refractivity contribution in [3.63, 3.8) is 0 Å². The molecule has 3 aliphatic carbocycles. The molecule has 2 bridgehead atoms. The van der Waals surface area contributed by atoms with Gasteiger partial charge in [0, 0.05) is 23.8 Å². The molecule has 5 nitrogen and oxygen atoms in total. The van der Waals surface area contributed by atoms with Crippen molar-refractivity contribution < 1.29 is 13.2 Å². The second-order valence-electron chi connectivity index (χ2n) is 7.78. The summed E-state index contributed by atoms with van der Waals surface area (Å²) in [5, 5.41) is 3.63. The third kappa shape index (κ3) is 2.78. The van der Waals surface area contributed by atoms with Gasteiger partial charge >= 0.3 is 0 Å². The topological polar surface area (TPSA) is 59.8 Å². The van der Waals surface area contributed by atoms with Gasteiger partial charge in [-0.1, -0.05) is 18.2 Å². The minimum atomic E-state index is -2.88. The number of alkyl halides is 2. The van der Waals surface area contributed by atoms with Crippen LogP contribution in [-0.4, -0.2) is 14.5 Å². The number of hydrogen-bond donors (Lipinski definition) is 1. The van der Waals surface area contributed by atoms with E-state index in [1.54, 1.807) is 10.8 Å². The van der Waals surface area contributed by atoms with E-state index in [2.05, 4.69) is 31.2 Å². The van der Waals surface area contributed by atoms with Crippen molar-refractivity contribution in [3.05, 3.63) is 62.5 Å². The molecule has 1 N–H and O–H groups in total. The van der Waals surface area contributed by atoms with Crippen LogP contribution in [0.3, 0.4) is 0 Å². The van der Waals surface area contributed by atoms with E-state index in [9.17, 15) is 18.0 Å². The lowest BCUT2D eigenvalue weighted by Crippen LogP contribution is -2.62. The standard InChI is InChI=1S/C20H16BrF3N4O/c21-14-16-13(8-28(19(14)29)20-4-10(5-20)6-20)18(27-9-26-16)25-7-11-2-1-3-12(15(11)22)17(23)24/h1-3,8-10,17H,4-7H2,(H,25,26,27). The van der Waals surface area contributed by atoms with E-state index >= 15 is 0 Å². The van der Waals surface area contributed by atoms with Crippen LogP contribution in [0.25, 0.3) is 10.9 Å². The summed E-state index contributed by atoms with van der Waals surface area (Å²) >= 11 is 3.37. The number of fused-ring (bicyclic) bond motifs is 1. The first kappa shape index (κ1) is 18.6. The molecule has 2 aromatic heterocycles. The van der Waals surface area contributed by atoms with Gasteiger partial charge in [0.25, 0.3) is 12.0 Å². The number of pyridine rings is 1.